The number of nitrogens with two attached hydrogens (primary N) is 1. The van der Waals surface area contributed by atoms with Crippen molar-refractivity contribution in [1.29, 1.82) is 0 Å². The number of benzene rings is 1. The van der Waals surface area contributed by atoms with E-state index < -0.39 is 17.8 Å². The predicted molar refractivity (Wildman–Crippen MR) is 70.1 cm³/mol. The first kappa shape index (κ1) is 14.3. The number of hydrogen-bond acceptors (Lipinski definition) is 4. The standard InChI is InChI=1S/C13H20N2O3/c1-13(2,3)18-12(17)15-8-11(16)9-5-4-6-10(14)7-9/h4-7,11,16H,8,14H2,1-3H3,(H,15,17). The number of amides is 1. The third-order valence-electron chi connectivity index (χ3n) is 2.13. The van der Waals surface area contributed by atoms with Crippen LogP contribution in [-0.2, 0) is 4.74 Å². The molecule has 0 radical (unpaired) electrons. The number of carbonyl (C=O) groups is 1. The minimum Gasteiger partial charge on any atom is -0.444 e. The Labute approximate surface area is 107 Å². The molecule has 1 rings (SSSR count). The van der Waals surface area contributed by atoms with Gasteiger partial charge in [0.1, 0.15) is 5.60 Å². The highest BCUT2D eigenvalue weighted by Crippen LogP contribution is 2.15. The van der Waals surface area contributed by atoms with E-state index in [0.717, 1.165) is 0 Å². The Morgan fingerprint density at radius 3 is 2.72 bits per heavy atom. The number of nitrogen functional groups attached to an aromatic ring is 1. The third-order valence-corrected chi connectivity index (χ3v) is 2.13. The molecule has 0 saturated heterocycles. The highest BCUT2D eigenvalue weighted by Gasteiger charge is 2.17. The number of anilines is 1. The molecule has 0 heterocycles. The molecule has 0 aliphatic carbocycles. The molecular weight excluding hydrogens is 232 g/mol. The van der Waals surface area contributed by atoms with Crippen molar-refractivity contribution in [2.75, 3.05) is 12.3 Å². The van der Waals surface area contributed by atoms with Gasteiger partial charge in [0, 0.05) is 5.69 Å². The molecule has 5 nitrogen and oxygen atoms in total. The van der Waals surface area contributed by atoms with E-state index in [4.69, 9.17) is 10.5 Å². The van der Waals surface area contributed by atoms with Gasteiger partial charge in [-0.3, -0.25) is 0 Å². The fraction of sp³-hybridized carbons (Fsp3) is 0.462. The van der Waals surface area contributed by atoms with Crippen molar-refractivity contribution in [2.24, 2.45) is 0 Å². The molecule has 1 aromatic rings. The van der Waals surface area contributed by atoms with Crippen LogP contribution in [0.4, 0.5) is 10.5 Å². The lowest BCUT2D eigenvalue weighted by Crippen LogP contribution is -2.34. The van der Waals surface area contributed by atoms with Gasteiger partial charge >= 0.3 is 6.09 Å². The molecule has 100 valence electrons. The van der Waals surface area contributed by atoms with E-state index in [1.165, 1.54) is 0 Å². The molecule has 0 aliphatic heterocycles. The van der Waals surface area contributed by atoms with Crippen molar-refractivity contribution < 1.29 is 14.6 Å². The zero-order valence-electron chi connectivity index (χ0n) is 10.9. The summed E-state index contributed by atoms with van der Waals surface area (Å²) in [6.45, 7) is 5.42. The number of aliphatic hydroxyl groups excluding tert-OH is 1. The summed E-state index contributed by atoms with van der Waals surface area (Å²) in [6.07, 6.45) is -1.36. The molecule has 0 aliphatic rings. The first-order valence-corrected chi connectivity index (χ1v) is 5.78. The largest absolute Gasteiger partial charge is 0.444 e. The summed E-state index contributed by atoms with van der Waals surface area (Å²) in [5.41, 5.74) is 6.29. The van der Waals surface area contributed by atoms with E-state index in [-0.39, 0.29) is 6.54 Å². The lowest BCUT2D eigenvalue weighted by Gasteiger charge is -2.20. The fourth-order valence-electron chi connectivity index (χ4n) is 1.38. The Bertz CT molecular complexity index is 413. The maximum Gasteiger partial charge on any atom is 0.407 e. The van der Waals surface area contributed by atoms with Crippen molar-refractivity contribution in [1.82, 2.24) is 5.32 Å². The van der Waals surface area contributed by atoms with E-state index >= 15 is 0 Å². The second-order valence-corrected chi connectivity index (χ2v) is 5.07. The molecule has 4 N–H and O–H groups in total. The Kier molecular flexibility index (Phi) is 4.55. The smallest absolute Gasteiger partial charge is 0.407 e. The number of carbonyl (C=O) groups excluding carboxylic acids is 1. The van der Waals surface area contributed by atoms with Crippen LogP contribution in [0, 0.1) is 0 Å². The van der Waals surface area contributed by atoms with Crippen LogP contribution < -0.4 is 11.1 Å². The number of ether oxygens (including phenoxy) is 1. The van der Waals surface area contributed by atoms with Gasteiger partial charge in [0.05, 0.1) is 12.6 Å². The number of alkyl carbamates (subject to hydrolysis) is 1. The number of rotatable bonds is 3. The van der Waals surface area contributed by atoms with Crippen LogP contribution in [0.1, 0.15) is 32.4 Å². The normalized spacial score (nSPS) is 12.9. The predicted octanol–water partition coefficient (Wildman–Crippen LogP) is 1.83. The summed E-state index contributed by atoms with van der Waals surface area (Å²) in [5.74, 6) is 0. The third kappa shape index (κ3) is 5.05. The lowest BCUT2D eigenvalue weighted by molar-refractivity contribution is 0.0492. The van der Waals surface area contributed by atoms with E-state index in [9.17, 15) is 9.90 Å². The molecule has 0 fully saturated rings. The summed E-state index contributed by atoms with van der Waals surface area (Å²) in [6, 6.07) is 6.90. The first-order valence-electron chi connectivity index (χ1n) is 5.78. The SMILES string of the molecule is CC(C)(C)OC(=O)NCC(O)c1cccc(N)c1. The van der Waals surface area contributed by atoms with Crippen LogP contribution in [0.5, 0.6) is 0 Å². The van der Waals surface area contributed by atoms with Crippen molar-refractivity contribution in [3.05, 3.63) is 29.8 Å². The minimum absolute atomic E-state index is 0.0817. The van der Waals surface area contributed by atoms with Crippen LogP contribution in [0.2, 0.25) is 0 Å². The highest BCUT2D eigenvalue weighted by atomic mass is 16.6. The van der Waals surface area contributed by atoms with Crippen LogP contribution in [-0.4, -0.2) is 23.3 Å². The molecular formula is C13H20N2O3. The molecule has 0 spiro atoms. The average molecular weight is 252 g/mol. The second kappa shape index (κ2) is 5.73. The zero-order valence-corrected chi connectivity index (χ0v) is 10.9. The van der Waals surface area contributed by atoms with Gasteiger partial charge in [-0.1, -0.05) is 12.1 Å². The van der Waals surface area contributed by atoms with Gasteiger partial charge in [-0.2, -0.15) is 0 Å². The van der Waals surface area contributed by atoms with Crippen molar-refractivity contribution in [3.8, 4) is 0 Å². The maximum atomic E-state index is 11.4. The highest BCUT2D eigenvalue weighted by molar-refractivity contribution is 5.67. The lowest BCUT2D eigenvalue weighted by atomic mass is 10.1. The molecule has 18 heavy (non-hydrogen) atoms. The topological polar surface area (TPSA) is 84.6 Å². The van der Waals surface area contributed by atoms with Crippen molar-refractivity contribution in [2.45, 2.75) is 32.5 Å². The second-order valence-electron chi connectivity index (χ2n) is 5.07. The minimum atomic E-state index is -0.805. The average Bonchev–Trinajstić information content (AvgIpc) is 2.23. The number of hydrogen-bond donors (Lipinski definition) is 3. The van der Waals surface area contributed by atoms with Gasteiger partial charge in [0.15, 0.2) is 0 Å². The number of aliphatic hydroxyl groups is 1. The van der Waals surface area contributed by atoms with Crippen LogP contribution in [0.25, 0.3) is 0 Å². The maximum absolute atomic E-state index is 11.4. The Morgan fingerprint density at radius 2 is 2.17 bits per heavy atom. The molecule has 1 aromatic carbocycles. The monoisotopic (exact) mass is 252 g/mol. The Morgan fingerprint density at radius 1 is 1.50 bits per heavy atom. The van der Waals surface area contributed by atoms with Crippen LogP contribution in [0.3, 0.4) is 0 Å². The summed E-state index contributed by atoms with van der Waals surface area (Å²) in [4.78, 5) is 11.4. The Hall–Kier alpha value is -1.75. The molecule has 0 bridgehead atoms. The van der Waals surface area contributed by atoms with Crippen molar-refractivity contribution in [3.63, 3.8) is 0 Å². The van der Waals surface area contributed by atoms with Gasteiger partial charge in [-0.05, 0) is 38.5 Å². The van der Waals surface area contributed by atoms with Crippen LogP contribution in [0.15, 0.2) is 24.3 Å². The van der Waals surface area contributed by atoms with Gasteiger partial charge in [0.2, 0.25) is 0 Å². The molecule has 1 atom stereocenters. The first-order chi connectivity index (χ1) is 8.28. The van der Waals surface area contributed by atoms with Gasteiger partial charge < -0.3 is 20.9 Å². The van der Waals surface area contributed by atoms with E-state index in [2.05, 4.69) is 5.32 Å². The molecule has 1 unspecified atom stereocenters. The summed E-state index contributed by atoms with van der Waals surface area (Å²) in [5, 5.41) is 12.4. The van der Waals surface area contributed by atoms with Crippen LogP contribution >= 0.6 is 0 Å². The van der Waals surface area contributed by atoms with E-state index in [0.29, 0.717) is 11.3 Å². The van der Waals surface area contributed by atoms with Gasteiger partial charge in [-0.25, -0.2) is 4.79 Å². The Balaban J connectivity index is 2.46. The zero-order chi connectivity index (χ0) is 13.8. The van der Waals surface area contributed by atoms with Gasteiger partial charge in [-0.15, -0.1) is 0 Å². The van der Waals surface area contributed by atoms with E-state index in [1.54, 1.807) is 45.0 Å². The fourth-order valence-corrected chi connectivity index (χ4v) is 1.38. The van der Waals surface area contributed by atoms with E-state index in [1.807, 2.05) is 0 Å². The van der Waals surface area contributed by atoms with Crippen molar-refractivity contribution >= 4 is 11.8 Å². The summed E-state index contributed by atoms with van der Waals surface area (Å²) >= 11 is 0. The quantitative estimate of drug-likeness (QED) is 0.716. The number of nitrogens with one attached hydrogen (secondary N) is 1. The summed E-state index contributed by atoms with van der Waals surface area (Å²) in [7, 11) is 0. The molecule has 0 saturated carbocycles. The molecule has 1 amide bonds. The molecule has 0 aromatic heterocycles. The van der Waals surface area contributed by atoms with Gasteiger partial charge in [0.25, 0.3) is 0 Å². The molecule has 5 heteroatoms. The summed E-state index contributed by atoms with van der Waals surface area (Å²) < 4.78 is 5.06.